The van der Waals surface area contributed by atoms with Crippen LogP contribution in [0.5, 0.6) is 0 Å². The molecule has 1 aromatic heterocycles. The van der Waals surface area contributed by atoms with Gasteiger partial charge in [0.25, 0.3) is 0 Å². The van der Waals surface area contributed by atoms with Crippen molar-refractivity contribution in [1.29, 1.82) is 0 Å². The van der Waals surface area contributed by atoms with Crippen molar-refractivity contribution in [1.82, 2.24) is 15.2 Å². The highest BCUT2D eigenvalue weighted by Crippen LogP contribution is 2.22. The molecule has 108 valence electrons. The van der Waals surface area contributed by atoms with Crippen molar-refractivity contribution in [2.45, 2.75) is 19.5 Å². The van der Waals surface area contributed by atoms with Crippen LogP contribution in [0.4, 0.5) is 0 Å². The van der Waals surface area contributed by atoms with E-state index in [9.17, 15) is 0 Å². The van der Waals surface area contributed by atoms with Crippen LogP contribution in [0, 0.1) is 5.92 Å². The SMILES string of the molecule is CNC(c1ccccc1)C(C)CN(C)Cc1cscn1. The third kappa shape index (κ3) is 4.13. The van der Waals surface area contributed by atoms with Crippen molar-refractivity contribution in [2.24, 2.45) is 5.92 Å². The van der Waals surface area contributed by atoms with Gasteiger partial charge in [-0.3, -0.25) is 0 Å². The number of nitrogens with zero attached hydrogens (tertiary/aromatic N) is 2. The van der Waals surface area contributed by atoms with Gasteiger partial charge in [0.05, 0.1) is 11.2 Å². The van der Waals surface area contributed by atoms with Crippen molar-refractivity contribution in [3.05, 3.63) is 52.5 Å². The summed E-state index contributed by atoms with van der Waals surface area (Å²) >= 11 is 1.66. The molecule has 0 aliphatic heterocycles. The second-order valence-corrected chi connectivity index (χ2v) is 6.05. The van der Waals surface area contributed by atoms with Crippen LogP contribution in [0.1, 0.15) is 24.2 Å². The van der Waals surface area contributed by atoms with Crippen LogP contribution in [-0.2, 0) is 6.54 Å². The zero-order chi connectivity index (χ0) is 14.4. The first-order valence-electron chi connectivity index (χ1n) is 6.98. The Hall–Kier alpha value is -1.23. The Kier molecular flexibility index (Phi) is 5.71. The van der Waals surface area contributed by atoms with Crippen LogP contribution in [0.25, 0.3) is 0 Å². The van der Waals surface area contributed by atoms with E-state index in [1.165, 1.54) is 5.56 Å². The summed E-state index contributed by atoms with van der Waals surface area (Å²) in [5.74, 6) is 0.533. The minimum atomic E-state index is 0.383. The molecule has 2 unspecified atom stereocenters. The molecule has 2 aromatic rings. The molecule has 1 heterocycles. The zero-order valence-electron chi connectivity index (χ0n) is 12.4. The van der Waals surface area contributed by atoms with Gasteiger partial charge in [0.1, 0.15) is 0 Å². The first-order valence-corrected chi connectivity index (χ1v) is 7.92. The smallest absolute Gasteiger partial charge is 0.0795 e. The second-order valence-electron chi connectivity index (χ2n) is 5.33. The molecule has 4 heteroatoms. The first kappa shape index (κ1) is 15.2. The van der Waals surface area contributed by atoms with E-state index in [-0.39, 0.29) is 0 Å². The van der Waals surface area contributed by atoms with Crippen molar-refractivity contribution in [2.75, 3.05) is 20.6 Å². The van der Waals surface area contributed by atoms with Gasteiger partial charge in [-0.05, 0) is 25.6 Å². The largest absolute Gasteiger partial charge is 0.313 e. The molecular weight excluding hydrogens is 266 g/mol. The fourth-order valence-corrected chi connectivity index (χ4v) is 3.24. The molecule has 1 aromatic carbocycles. The Bertz CT molecular complexity index is 484. The molecule has 0 amide bonds. The zero-order valence-corrected chi connectivity index (χ0v) is 13.2. The number of aromatic nitrogens is 1. The molecule has 0 saturated carbocycles. The molecule has 0 fully saturated rings. The van der Waals surface area contributed by atoms with Gasteiger partial charge in [0, 0.05) is 24.5 Å². The molecule has 1 N–H and O–H groups in total. The fourth-order valence-electron chi connectivity index (χ4n) is 2.69. The molecular formula is C16H23N3S. The van der Waals surface area contributed by atoms with Crippen molar-refractivity contribution in [3.63, 3.8) is 0 Å². The Morgan fingerprint density at radius 2 is 2.05 bits per heavy atom. The lowest BCUT2D eigenvalue weighted by Gasteiger charge is -2.28. The number of nitrogens with one attached hydrogen (secondary N) is 1. The topological polar surface area (TPSA) is 28.2 Å². The van der Waals surface area contributed by atoms with Crippen molar-refractivity contribution >= 4 is 11.3 Å². The third-order valence-corrected chi connectivity index (χ3v) is 4.19. The number of hydrogen-bond acceptors (Lipinski definition) is 4. The summed E-state index contributed by atoms with van der Waals surface area (Å²) in [7, 11) is 4.20. The van der Waals surface area contributed by atoms with Crippen LogP contribution >= 0.6 is 11.3 Å². The second kappa shape index (κ2) is 7.53. The van der Waals surface area contributed by atoms with Gasteiger partial charge < -0.3 is 10.2 Å². The van der Waals surface area contributed by atoms with E-state index in [1.54, 1.807) is 11.3 Å². The molecule has 0 spiro atoms. The van der Waals surface area contributed by atoms with Crippen LogP contribution in [0.15, 0.2) is 41.2 Å². The van der Waals surface area contributed by atoms with Crippen LogP contribution in [0.3, 0.4) is 0 Å². The minimum Gasteiger partial charge on any atom is -0.313 e. The summed E-state index contributed by atoms with van der Waals surface area (Å²) in [6, 6.07) is 11.0. The predicted molar refractivity (Wildman–Crippen MR) is 85.9 cm³/mol. The average Bonchev–Trinajstić information content (AvgIpc) is 2.93. The Labute approximate surface area is 125 Å². The molecule has 3 nitrogen and oxygen atoms in total. The Morgan fingerprint density at radius 1 is 1.30 bits per heavy atom. The maximum atomic E-state index is 4.35. The van der Waals surface area contributed by atoms with Crippen LogP contribution in [-0.4, -0.2) is 30.5 Å². The van der Waals surface area contributed by atoms with Crippen LogP contribution < -0.4 is 5.32 Å². The van der Waals surface area contributed by atoms with E-state index < -0.39 is 0 Å². The van der Waals surface area contributed by atoms with Gasteiger partial charge in [-0.1, -0.05) is 37.3 Å². The number of rotatable bonds is 7. The van der Waals surface area contributed by atoms with Gasteiger partial charge in [-0.2, -0.15) is 0 Å². The van der Waals surface area contributed by atoms with Gasteiger partial charge in [-0.25, -0.2) is 4.98 Å². The number of hydrogen-bond donors (Lipinski definition) is 1. The fraction of sp³-hybridized carbons (Fsp3) is 0.438. The monoisotopic (exact) mass is 289 g/mol. The molecule has 0 aliphatic rings. The van der Waals surface area contributed by atoms with E-state index in [4.69, 9.17) is 0 Å². The van der Waals surface area contributed by atoms with Gasteiger partial charge >= 0.3 is 0 Å². The van der Waals surface area contributed by atoms with Crippen molar-refractivity contribution < 1.29 is 0 Å². The van der Waals surface area contributed by atoms with Crippen LogP contribution in [0.2, 0.25) is 0 Å². The summed E-state index contributed by atoms with van der Waals surface area (Å²) in [5.41, 5.74) is 4.41. The van der Waals surface area contributed by atoms with Gasteiger partial charge in [-0.15, -0.1) is 11.3 Å². The van der Waals surface area contributed by atoms with Gasteiger partial charge in [0.15, 0.2) is 0 Å². The summed E-state index contributed by atoms with van der Waals surface area (Å²) in [6.45, 7) is 4.25. The number of benzene rings is 1. The molecule has 2 atom stereocenters. The molecule has 0 aliphatic carbocycles. The van der Waals surface area contributed by atoms with Gasteiger partial charge in [0.2, 0.25) is 0 Å². The highest BCUT2D eigenvalue weighted by molar-refractivity contribution is 7.07. The molecule has 20 heavy (non-hydrogen) atoms. The lowest BCUT2D eigenvalue weighted by molar-refractivity contribution is 0.244. The molecule has 0 bridgehead atoms. The molecule has 2 rings (SSSR count). The lowest BCUT2D eigenvalue weighted by atomic mass is 9.94. The number of thiazole rings is 1. The average molecular weight is 289 g/mol. The maximum absolute atomic E-state index is 4.35. The van der Waals surface area contributed by atoms with E-state index in [0.717, 1.165) is 18.8 Å². The summed E-state index contributed by atoms with van der Waals surface area (Å²) in [4.78, 5) is 6.69. The lowest BCUT2D eigenvalue weighted by Crippen LogP contribution is -2.32. The quantitative estimate of drug-likeness (QED) is 0.848. The molecule has 0 saturated heterocycles. The highest BCUT2D eigenvalue weighted by atomic mass is 32.1. The van der Waals surface area contributed by atoms with E-state index in [1.807, 2.05) is 12.6 Å². The highest BCUT2D eigenvalue weighted by Gasteiger charge is 2.19. The van der Waals surface area contributed by atoms with Crippen molar-refractivity contribution in [3.8, 4) is 0 Å². The van der Waals surface area contributed by atoms with E-state index in [0.29, 0.717) is 12.0 Å². The third-order valence-electron chi connectivity index (χ3n) is 3.55. The standard InChI is InChI=1S/C16H23N3S/c1-13(9-19(3)10-15-11-20-12-18-15)16(17-2)14-7-5-4-6-8-14/h4-8,11-13,16-17H,9-10H2,1-3H3. The maximum Gasteiger partial charge on any atom is 0.0795 e. The Morgan fingerprint density at radius 3 is 2.65 bits per heavy atom. The minimum absolute atomic E-state index is 0.383. The normalized spacial score (nSPS) is 14.4. The van der Waals surface area contributed by atoms with E-state index >= 15 is 0 Å². The van der Waals surface area contributed by atoms with E-state index in [2.05, 4.69) is 64.9 Å². The molecule has 0 radical (unpaired) electrons. The predicted octanol–water partition coefficient (Wildman–Crippen LogP) is 3.17. The summed E-state index contributed by atoms with van der Waals surface area (Å²) < 4.78 is 0. The summed E-state index contributed by atoms with van der Waals surface area (Å²) in [5, 5.41) is 5.56. The Balaban J connectivity index is 1.93. The first-order chi connectivity index (χ1) is 9.70. The summed E-state index contributed by atoms with van der Waals surface area (Å²) in [6.07, 6.45) is 0.